The lowest BCUT2D eigenvalue weighted by atomic mass is 10.1. The second-order valence-corrected chi connectivity index (χ2v) is 3.03. The third-order valence-corrected chi connectivity index (χ3v) is 1.91. The topological polar surface area (TPSA) is 66.8 Å². The lowest BCUT2D eigenvalue weighted by Gasteiger charge is -2.22. The molecule has 0 unspecified atom stereocenters. The van der Waals surface area contributed by atoms with Gasteiger partial charge in [0.05, 0.1) is 7.11 Å². The van der Waals surface area contributed by atoms with Crippen LogP contribution in [0.5, 0.6) is 0 Å². The lowest BCUT2D eigenvalue weighted by molar-refractivity contribution is -0.137. The third kappa shape index (κ3) is 6.28. The number of carbonyl (C=O) groups excluding carboxylic acids is 1. The highest BCUT2D eigenvalue weighted by Gasteiger charge is 2.13. The fourth-order valence-electron chi connectivity index (χ4n) is 1.09. The minimum Gasteiger partial charge on any atom is -0.469 e. The number of methoxy groups -OCH3 is 1. The Kier molecular flexibility index (Phi) is 6.53. The number of carbonyl (C=O) groups is 2. The maximum atomic E-state index is 10.3. The molecule has 1 aliphatic rings. The van der Waals surface area contributed by atoms with Crippen LogP contribution in [-0.2, 0) is 9.53 Å². The Morgan fingerprint density at radius 2 is 1.64 bits per heavy atom. The van der Waals surface area contributed by atoms with Gasteiger partial charge in [0.15, 0.2) is 0 Å². The van der Waals surface area contributed by atoms with Gasteiger partial charge in [0, 0.05) is 20.0 Å². The number of hydrogen-bond donors (Lipinski definition) is 1. The summed E-state index contributed by atoms with van der Waals surface area (Å²) in [7, 11) is 1.35. The fourth-order valence-corrected chi connectivity index (χ4v) is 1.09. The minimum absolute atomic E-state index is 0.245. The molecule has 0 atom stereocenters. The van der Waals surface area contributed by atoms with Crippen molar-refractivity contribution >= 4 is 12.1 Å². The van der Waals surface area contributed by atoms with Crippen molar-refractivity contribution in [2.75, 3.05) is 20.2 Å². The van der Waals surface area contributed by atoms with Crippen molar-refractivity contribution in [3.8, 4) is 0 Å². The number of rotatable bonds is 0. The van der Waals surface area contributed by atoms with E-state index >= 15 is 0 Å². The minimum atomic E-state index is -0.769. The van der Waals surface area contributed by atoms with Crippen molar-refractivity contribution < 1.29 is 19.4 Å². The van der Waals surface area contributed by atoms with E-state index in [2.05, 4.69) is 4.74 Å². The zero-order chi connectivity index (χ0) is 11.0. The molecule has 5 nitrogen and oxygen atoms in total. The number of amides is 1. The Morgan fingerprint density at radius 1 is 1.21 bits per heavy atom. The van der Waals surface area contributed by atoms with Gasteiger partial charge in [-0.15, -0.1) is 0 Å². The van der Waals surface area contributed by atoms with Crippen molar-refractivity contribution in [2.45, 2.75) is 26.2 Å². The number of nitrogens with zero attached hydrogens (tertiary/aromatic N) is 1. The normalized spacial score (nSPS) is 15.1. The molecule has 14 heavy (non-hydrogen) atoms. The molecule has 0 radical (unpaired) electrons. The fraction of sp³-hybridized carbons (Fsp3) is 0.778. The van der Waals surface area contributed by atoms with Gasteiger partial charge in [-0.1, -0.05) is 0 Å². The Morgan fingerprint density at radius 3 is 1.86 bits per heavy atom. The Bertz CT molecular complexity index is 187. The van der Waals surface area contributed by atoms with E-state index < -0.39 is 6.09 Å². The molecular formula is C9H17NO4. The first kappa shape index (κ1) is 12.7. The number of likely N-dealkylation sites (tertiary alicyclic amines) is 1. The molecule has 1 N–H and O–H groups in total. The molecule has 0 aromatic heterocycles. The van der Waals surface area contributed by atoms with E-state index in [4.69, 9.17) is 5.11 Å². The second kappa shape index (κ2) is 7.17. The van der Waals surface area contributed by atoms with E-state index in [1.807, 2.05) is 0 Å². The molecule has 5 heteroatoms. The molecule has 0 aromatic carbocycles. The summed E-state index contributed by atoms with van der Waals surface area (Å²) in [6.07, 6.45) is 2.48. The lowest BCUT2D eigenvalue weighted by Crippen LogP contribution is -2.34. The van der Waals surface area contributed by atoms with E-state index in [0.29, 0.717) is 0 Å². The van der Waals surface area contributed by atoms with Gasteiger partial charge in [-0.05, 0) is 19.3 Å². The summed E-state index contributed by atoms with van der Waals surface area (Å²) < 4.78 is 4.11. The molecular weight excluding hydrogens is 186 g/mol. The zero-order valence-corrected chi connectivity index (χ0v) is 8.65. The highest BCUT2D eigenvalue weighted by molar-refractivity contribution is 5.65. The predicted molar refractivity (Wildman–Crippen MR) is 51.1 cm³/mol. The van der Waals surface area contributed by atoms with Gasteiger partial charge >= 0.3 is 12.1 Å². The van der Waals surface area contributed by atoms with E-state index in [1.165, 1.54) is 25.4 Å². The molecule has 1 amide bonds. The van der Waals surface area contributed by atoms with E-state index in [-0.39, 0.29) is 5.97 Å². The summed E-state index contributed by atoms with van der Waals surface area (Å²) in [6, 6.07) is 0. The van der Waals surface area contributed by atoms with Gasteiger partial charge in [-0.2, -0.15) is 0 Å². The summed E-state index contributed by atoms with van der Waals surface area (Å²) in [6.45, 7) is 2.82. The molecule has 0 spiro atoms. The monoisotopic (exact) mass is 203 g/mol. The third-order valence-electron chi connectivity index (χ3n) is 1.91. The van der Waals surface area contributed by atoms with Crippen LogP contribution in [0.2, 0.25) is 0 Å². The van der Waals surface area contributed by atoms with E-state index in [1.54, 1.807) is 0 Å². The maximum Gasteiger partial charge on any atom is 0.407 e. The molecule has 0 bridgehead atoms. The predicted octanol–water partition coefficient (Wildman–Crippen LogP) is 1.33. The largest absolute Gasteiger partial charge is 0.469 e. The molecule has 1 rings (SSSR count). The maximum absolute atomic E-state index is 10.3. The SMILES string of the molecule is COC(C)=O.O=C(O)N1CCCCC1. The first-order valence-corrected chi connectivity index (χ1v) is 4.60. The van der Waals surface area contributed by atoms with Crippen LogP contribution < -0.4 is 0 Å². The van der Waals surface area contributed by atoms with Crippen molar-refractivity contribution in [2.24, 2.45) is 0 Å². The standard InChI is InChI=1S/C6H11NO2.C3H6O2/c8-6(9)7-4-2-1-3-5-7;1-3(4)5-2/h1-5H2,(H,8,9);1-2H3. The molecule has 1 aliphatic heterocycles. The summed E-state index contributed by atoms with van der Waals surface area (Å²) in [4.78, 5) is 21.3. The first-order chi connectivity index (χ1) is 6.57. The quantitative estimate of drug-likeness (QED) is 0.603. The molecule has 0 aromatic rings. The van der Waals surface area contributed by atoms with Crippen LogP contribution in [0, 0.1) is 0 Å². The van der Waals surface area contributed by atoms with Gasteiger partial charge in [0.25, 0.3) is 0 Å². The summed E-state index contributed by atoms with van der Waals surface area (Å²) in [5.41, 5.74) is 0. The van der Waals surface area contributed by atoms with Crippen molar-refractivity contribution in [1.29, 1.82) is 0 Å². The van der Waals surface area contributed by atoms with Crippen LogP contribution in [0.25, 0.3) is 0 Å². The number of piperidine rings is 1. The van der Waals surface area contributed by atoms with Crippen LogP contribution in [0.15, 0.2) is 0 Å². The van der Waals surface area contributed by atoms with Crippen molar-refractivity contribution in [3.63, 3.8) is 0 Å². The van der Waals surface area contributed by atoms with Gasteiger partial charge in [0.2, 0.25) is 0 Å². The number of carboxylic acid groups (broad SMARTS) is 1. The van der Waals surface area contributed by atoms with Gasteiger partial charge in [-0.25, -0.2) is 4.79 Å². The first-order valence-electron chi connectivity index (χ1n) is 4.60. The van der Waals surface area contributed by atoms with Crippen LogP contribution in [0.3, 0.4) is 0 Å². The smallest absolute Gasteiger partial charge is 0.407 e. The summed E-state index contributed by atoms with van der Waals surface area (Å²) >= 11 is 0. The molecule has 82 valence electrons. The van der Waals surface area contributed by atoms with Crippen LogP contribution in [-0.4, -0.2) is 42.3 Å². The number of ether oxygens (including phenoxy) is 1. The average molecular weight is 203 g/mol. The van der Waals surface area contributed by atoms with Gasteiger partial charge < -0.3 is 14.7 Å². The Hall–Kier alpha value is -1.26. The highest BCUT2D eigenvalue weighted by Crippen LogP contribution is 2.07. The van der Waals surface area contributed by atoms with E-state index in [9.17, 15) is 9.59 Å². The van der Waals surface area contributed by atoms with Crippen LogP contribution in [0.4, 0.5) is 4.79 Å². The Balaban J connectivity index is 0.000000292. The van der Waals surface area contributed by atoms with Gasteiger partial charge in [0.1, 0.15) is 0 Å². The van der Waals surface area contributed by atoms with Crippen LogP contribution in [0.1, 0.15) is 26.2 Å². The molecule has 1 saturated heterocycles. The summed E-state index contributed by atoms with van der Waals surface area (Å²) in [5, 5.41) is 8.46. The Labute approximate surface area is 83.6 Å². The van der Waals surface area contributed by atoms with Crippen LogP contribution >= 0.6 is 0 Å². The highest BCUT2D eigenvalue weighted by atomic mass is 16.5. The second-order valence-electron chi connectivity index (χ2n) is 3.03. The summed E-state index contributed by atoms with van der Waals surface area (Å²) in [5.74, 6) is -0.245. The number of esters is 1. The molecule has 1 fully saturated rings. The van der Waals surface area contributed by atoms with Crippen molar-refractivity contribution in [1.82, 2.24) is 4.90 Å². The van der Waals surface area contributed by atoms with Crippen molar-refractivity contribution in [3.05, 3.63) is 0 Å². The zero-order valence-electron chi connectivity index (χ0n) is 8.65. The average Bonchev–Trinajstić information content (AvgIpc) is 2.20. The molecule has 0 saturated carbocycles. The van der Waals surface area contributed by atoms with Gasteiger partial charge in [-0.3, -0.25) is 4.79 Å². The van der Waals surface area contributed by atoms with E-state index in [0.717, 1.165) is 25.9 Å². The molecule has 0 aliphatic carbocycles. The number of hydrogen-bond acceptors (Lipinski definition) is 3. The molecule has 1 heterocycles.